The minimum absolute atomic E-state index is 0.183. The van der Waals surface area contributed by atoms with Gasteiger partial charge in [-0.05, 0) is 0 Å². The molecule has 1 saturated heterocycles. The molecule has 1 aliphatic rings. The predicted molar refractivity (Wildman–Crippen MR) is 44.2 cm³/mol. The summed E-state index contributed by atoms with van der Waals surface area (Å²) >= 11 is 0. The van der Waals surface area contributed by atoms with Gasteiger partial charge in [0.15, 0.2) is 0 Å². The first kappa shape index (κ1) is 10.9. The molecule has 0 radical (unpaired) electrons. The van der Waals surface area contributed by atoms with Crippen molar-refractivity contribution in [3.63, 3.8) is 0 Å². The summed E-state index contributed by atoms with van der Waals surface area (Å²) < 4.78 is 10.0. The summed E-state index contributed by atoms with van der Waals surface area (Å²) in [4.78, 5) is 0. The minimum Gasteiger partial charge on any atom is -0.396 e. The summed E-state index contributed by atoms with van der Waals surface area (Å²) in [7, 11) is 1.50. The van der Waals surface area contributed by atoms with E-state index in [-0.39, 0.29) is 19.8 Å². The molecule has 5 heteroatoms. The van der Waals surface area contributed by atoms with Gasteiger partial charge in [0.2, 0.25) is 0 Å². The van der Waals surface area contributed by atoms with Crippen molar-refractivity contribution in [2.45, 2.75) is 18.3 Å². The van der Waals surface area contributed by atoms with E-state index in [0.717, 1.165) is 0 Å². The second-order valence-electron chi connectivity index (χ2n) is 3.25. The molecule has 0 spiro atoms. The molecule has 3 N–H and O–H groups in total. The van der Waals surface area contributed by atoms with Crippen LogP contribution in [0.15, 0.2) is 0 Å². The highest BCUT2D eigenvalue weighted by molar-refractivity contribution is 4.86. The van der Waals surface area contributed by atoms with Crippen LogP contribution in [0, 0.1) is 5.92 Å². The normalized spacial score (nSPS) is 40.6. The van der Waals surface area contributed by atoms with E-state index in [2.05, 4.69) is 0 Å². The van der Waals surface area contributed by atoms with Gasteiger partial charge in [0.1, 0.15) is 12.2 Å². The summed E-state index contributed by atoms with van der Waals surface area (Å²) in [5.41, 5.74) is 0. The Bertz CT molecular complexity index is 149. The fourth-order valence-electron chi connectivity index (χ4n) is 1.41. The second-order valence-corrected chi connectivity index (χ2v) is 3.25. The molecule has 0 bridgehead atoms. The molecule has 4 atom stereocenters. The fraction of sp³-hybridized carbons (Fsp3) is 1.00. The molecule has 1 aliphatic heterocycles. The number of ether oxygens (including phenoxy) is 2. The predicted octanol–water partition coefficient (Wildman–Crippen LogP) is -1.64. The van der Waals surface area contributed by atoms with Crippen LogP contribution in [-0.4, -0.2) is 60.6 Å². The Morgan fingerprint density at radius 1 is 1.38 bits per heavy atom. The van der Waals surface area contributed by atoms with Gasteiger partial charge < -0.3 is 24.8 Å². The highest BCUT2D eigenvalue weighted by atomic mass is 16.5. The highest BCUT2D eigenvalue weighted by Gasteiger charge is 2.37. The molecule has 0 aromatic rings. The van der Waals surface area contributed by atoms with Gasteiger partial charge in [0.25, 0.3) is 0 Å². The molecule has 0 amide bonds. The largest absolute Gasteiger partial charge is 0.396 e. The maximum absolute atomic E-state index is 9.50. The number of hydrogen-bond acceptors (Lipinski definition) is 5. The van der Waals surface area contributed by atoms with E-state index in [4.69, 9.17) is 14.6 Å². The van der Waals surface area contributed by atoms with Crippen LogP contribution >= 0.6 is 0 Å². The molecule has 13 heavy (non-hydrogen) atoms. The van der Waals surface area contributed by atoms with Crippen molar-refractivity contribution in [1.29, 1.82) is 0 Å². The number of methoxy groups -OCH3 is 1. The Hall–Kier alpha value is -0.200. The van der Waals surface area contributed by atoms with E-state index >= 15 is 0 Å². The maximum atomic E-state index is 9.50. The lowest BCUT2D eigenvalue weighted by Gasteiger charge is -2.36. The zero-order chi connectivity index (χ0) is 9.84. The van der Waals surface area contributed by atoms with Gasteiger partial charge in [-0.15, -0.1) is 0 Å². The molecule has 0 aromatic carbocycles. The van der Waals surface area contributed by atoms with E-state index in [9.17, 15) is 10.2 Å². The quantitative estimate of drug-likeness (QED) is 0.500. The third-order valence-corrected chi connectivity index (χ3v) is 2.30. The van der Waals surface area contributed by atoms with E-state index in [0.29, 0.717) is 0 Å². The zero-order valence-electron chi connectivity index (χ0n) is 7.59. The van der Waals surface area contributed by atoms with E-state index in [1.165, 1.54) is 7.11 Å². The molecule has 0 aromatic heterocycles. The first-order chi connectivity index (χ1) is 6.20. The molecule has 1 heterocycles. The van der Waals surface area contributed by atoms with Crippen LogP contribution in [0.2, 0.25) is 0 Å². The van der Waals surface area contributed by atoms with Gasteiger partial charge in [-0.1, -0.05) is 0 Å². The number of hydrogen-bond donors (Lipinski definition) is 3. The number of rotatable bonds is 3. The molecular weight excluding hydrogens is 176 g/mol. The number of aliphatic hydroxyl groups is 3. The third-order valence-electron chi connectivity index (χ3n) is 2.30. The lowest BCUT2D eigenvalue weighted by Crippen LogP contribution is -2.52. The molecule has 1 rings (SSSR count). The molecule has 1 fully saturated rings. The van der Waals surface area contributed by atoms with Crippen molar-refractivity contribution in [3.05, 3.63) is 0 Å². The van der Waals surface area contributed by atoms with Crippen LogP contribution in [0.4, 0.5) is 0 Å². The molecule has 78 valence electrons. The van der Waals surface area contributed by atoms with Gasteiger partial charge in [0.05, 0.1) is 25.9 Å². The van der Waals surface area contributed by atoms with Gasteiger partial charge in [-0.3, -0.25) is 0 Å². The summed E-state index contributed by atoms with van der Waals surface area (Å²) in [6.45, 7) is 0.317. The Morgan fingerprint density at radius 2 is 2.08 bits per heavy atom. The monoisotopic (exact) mass is 192 g/mol. The van der Waals surface area contributed by atoms with E-state index in [1.807, 2.05) is 0 Å². The van der Waals surface area contributed by atoms with Crippen molar-refractivity contribution in [3.8, 4) is 0 Å². The Morgan fingerprint density at radius 3 is 2.62 bits per heavy atom. The van der Waals surface area contributed by atoms with Gasteiger partial charge >= 0.3 is 0 Å². The molecular formula is C8H16O5. The maximum Gasteiger partial charge on any atom is 0.109 e. The molecule has 2 unspecified atom stereocenters. The van der Waals surface area contributed by atoms with Crippen LogP contribution in [0.25, 0.3) is 0 Å². The average Bonchev–Trinajstić information content (AvgIpc) is 2.14. The van der Waals surface area contributed by atoms with Gasteiger partial charge in [-0.25, -0.2) is 0 Å². The van der Waals surface area contributed by atoms with Crippen LogP contribution in [0.1, 0.15) is 0 Å². The lowest BCUT2D eigenvalue weighted by atomic mass is 9.93. The number of aliphatic hydroxyl groups excluding tert-OH is 3. The summed E-state index contributed by atoms with van der Waals surface area (Å²) in [5, 5.41) is 27.8. The first-order valence-corrected chi connectivity index (χ1v) is 4.28. The third kappa shape index (κ3) is 2.38. The Kier molecular flexibility index (Phi) is 4.08. The molecule has 5 nitrogen and oxygen atoms in total. The topological polar surface area (TPSA) is 79.2 Å². The summed E-state index contributed by atoms with van der Waals surface area (Å²) in [6, 6.07) is 0. The smallest absolute Gasteiger partial charge is 0.109 e. The Labute approximate surface area is 76.9 Å². The lowest BCUT2D eigenvalue weighted by molar-refractivity contribution is -0.183. The van der Waals surface area contributed by atoms with Gasteiger partial charge in [-0.2, -0.15) is 0 Å². The van der Waals surface area contributed by atoms with Crippen molar-refractivity contribution in [2.75, 3.05) is 26.9 Å². The standard InChI is InChI=1S/C8H16O5/c1-12-4-6-8(11)7(10)5(2-9)3-13-6/h5-11H,2-4H2,1H3/t5-,6+,7?,8?/m1/s1. The van der Waals surface area contributed by atoms with Crippen molar-refractivity contribution in [1.82, 2.24) is 0 Å². The zero-order valence-corrected chi connectivity index (χ0v) is 7.59. The Balaban J connectivity index is 2.48. The van der Waals surface area contributed by atoms with E-state index < -0.39 is 24.2 Å². The second kappa shape index (κ2) is 4.88. The van der Waals surface area contributed by atoms with E-state index in [1.54, 1.807) is 0 Å². The first-order valence-electron chi connectivity index (χ1n) is 4.28. The molecule has 0 saturated carbocycles. The van der Waals surface area contributed by atoms with Crippen LogP contribution in [0.3, 0.4) is 0 Å². The summed E-state index contributed by atoms with van der Waals surface area (Å²) in [6.07, 6.45) is -2.41. The van der Waals surface area contributed by atoms with Crippen molar-refractivity contribution < 1.29 is 24.8 Å². The van der Waals surface area contributed by atoms with Crippen molar-refractivity contribution in [2.24, 2.45) is 5.92 Å². The highest BCUT2D eigenvalue weighted by Crippen LogP contribution is 2.20. The molecule has 0 aliphatic carbocycles. The SMILES string of the molecule is COC[C@@H]1OC[C@@H](CO)C(O)C1O. The summed E-state index contributed by atoms with van der Waals surface area (Å²) in [5.74, 6) is -0.400. The van der Waals surface area contributed by atoms with Gasteiger partial charge in [0, 0.05) is 13.0 Å². The van der Waals surface area contributed by atoms with Crippen LogP contribution < -0.4 is 0 Å². The van der Waals surface area contributed by atoms with Crippen LogP contribution in [-0.2, 0) is 9.47 Å². The minimum atomic E-state index is -0.981. The van der Waals surface area contributed by atoms with Crippen LogP contribution in [0.5, 0.6) is 0 Å². The average molecular weight is 192 g/mol. The van der Waals surface area contributed by atoms with Crippen molar-refractivity contribution >= 4 is 0 Å². The fourth-order valence-corrected chi connectivity index (χ4v) is 1.41.